The highest BCUT2D eigenvalue weighted by Crippen LogP contribution is 2.21. The number of nitrogens with zero attached hydrogens (tertiary/aromatic N) is 4. The predicted octanol–water partition coefficient (Wildman–Crippen LogP) is 1.96. The van der Waals surface area contributed by atoms with Crippen molar-refractivity contribution in [1.82, 2.24) is 14.9 Å². The maximum atomic E-state index is 12.0. The Labute approximate surface area is 175 Å². The highest BCUT2D eigenvalue weighted by atomic mass is 35.5. The van der Waals surface area contributed by atoms with Gasteiger partial charge in [-0.3, -0.25) is 14.6 Å². The van der Waals surface area contributed by atoms with Crippen LogP contribution in [0.4, 0.5) is 5.69 Å². The summed E-state index contributed by atoms with van der Waals surface area (Å²) in [5.41, 5.74) is 8.32. The second-order valence-corrected chi connectivity index (χ2v) is 8.07. The van der Waals surface area contributed by atoms with Crippen LogP contribution < -0.4 is 16.0 Å². The van der Waals surface area contributed by atoms with Crippen LogP contribution in [0.1, 0.15) is 10.6 Å². The Morgan fingerprint density at radius 1 is 1.21 bits per heavy atom. The molecule has 1 aliphatic rings. The maximum Gasteiger partial charge on any atom is 0.246 e. The van der Waals surface area contributed by atoms with Crippen molar-refractivity contribution < 1.29 is 9.59 Å². The Hall–Kier alpha value is -3.17. The van der Waals surface area contributed by atoms with Gasteiger partial charge < -0.3 is 20.5 Å². The minimum atomic E-state index is -0.169. The molecule has 0 unspecified atom stereocenters. The number of benzene rings is 1. The number of amidine groups is 1. The topological polar surface area (TPSA) is 106 Å². The van der Waals surface area contributed by atoms with Crippen molar-refractivity contribution in [3.8, 4) is 5.69 Å². The van der Waals surface area contributed by atoms with Crippen molar-refractivity contribution in [1.29, 1.82) is 0 Å². The number of piperazine rings is 1. The third-order valence-electron chi connectivity index (χ3n) is 4.37. The molecule has 1 fully saturated rings. The summed E-state index contributed by atoms with van der Waals surface area (Å²) >= 11 is 7.30. The zero-order chi connectivity index (χ0) is 20.4. The normalized spacial score (nSPS) is 14.9. The Balaban J connectivity index is 1.45. The molecule has 0 spiro atoms. The zero-order valence-electron chi connectivity index (χ0n) is 15.2. The maximum absolute atomic E-state index is 12.0. The fraction of sp³-hybridized carbons (Fsp3) is 0.158. The van der Waals surface area contributed by atoms with Crippen LogP contribution in [0.15, 0.2) is 53.9 Å². The van der Waals surface area contributed by atoms with Crippen LogP contribution >= 0.6 is 22.9 Å². The molecule has 8 nitrogen and oxygen atoms in total. The van der Waals surface area contributed by atoms with E-state index in [4.69, 9.17) is 17.3 Å². The number of aromatic nitrogens is 2. The Bertz CT molecular complexity index is 1090. The lowest BCUT2D eigenvalue weighted by Gasteiger charge is -2.26. The fourth-order valence-corrected chi connectivity index (χ4v) is 3.84. The number of anilines is 1. The number of carbonyl (C=O) groups is 2. The highest BCUT2D eigenvalue weighted by Gasteiger charge is 2.24. The van der Waals surface area contributed by atoms with Gasteiger partial charge in [0.1, 0.15) is 12.4 Å². The average molecular weight is 429 g/mol. The smallest absolute Gasteiger partial charge is 0.246 e. The molecule has 2 amide bonds. The minimum absolute atomic E-state index is 0.0206. The molecule has 0 atom stereocenters. The lowest BCUT2D eigenvalue weighted by Crippen LogP contribution is -2.51. The van der Waals surface area contributed by atoms with E-state index in [0.29, 0.717) is 22.4 Å². The van der Waals surface area contributed by atoms with E-state index < -0.39 is 0 Å². The quantitative estimate of drug-likeness (QED) is 0.478. The summed E-state index contributed by atoms with van der Waals surface area (Å²) in [6.07, 6.45) is 3.56. The molecule has 3 N–H and O–H groups in total. The zero-order valence-corrected chi connectivity index (χ0v) is 16.8. The Kier molecular flexibility index (Phi) is 5.32. The number of nitrogens with one attached hydrogen (secondary N) is 1. The molecule has 3 heterocycles. The number of nitrogens with two attached hydrogens (primary N) is 1. The Morgan fingerprint density at radius 2 is 1.97 bits per heavy atom. The number of rotatable bonds is 5. The lowest BCUT2D eigenvalue weighted by molar-refractivity contribution is -0.128. The van der Waals surface area contributed by atoms with E-state index in [2.05, 4.69) is 15.3 Å². The molecular formula is C19H17ClN6O2S. The molecule has 29 heavy (non-hydrogen) atoms. The first-order valence-electron chi connectivity index (χ1n) is 8.75. The van der Waals surface area contributed by atoms with Gasteiger partial charge in [-0.05, 0) is 36.4 Å². The molecule has 1 aromatic carbocycles. The van der Waals surface area contributed by atoms with Crippen LogP contribution in [0.25, 0.3) is 5.69 Å². The summed E-state index contributed by atoms with van der Waals surface area (Å²) in [5, 5.41) is 2.53. The van der Waals surface area contributed by atoms with Gasteiger partial charge >= 0.3 is 0 Å². The highest BCUT2D eigenvalue weighted by molar-refractivity contribution is 7.18. The van der Waals surface area contributed by atoms with Gasteiger partial charge in [-0.15, -0.1) is 11.3 Å². The monoisotopic (exact) mass is 428 g/mol. The van der Waals surface area contributed by atoms with E-state index in [9.17, 15) is 9.59 Å². The van der Waals surface area contributed by atoms with Crippen LogP contribution in [0.5, 0.6) is 0 Å². The van der Waals surface area contributed by atoms with Crippen molar-refractivity contribution in [3.63, 3.8) is 0 Å². The molecular weight excluding hydrogens is 412 g/mol. The van der Waals surface area contributed by atoms with Crippen LogP contribution in [0.3, 0.4) is 0 Å². The number of amides is 2. The third kappa shape index (κ3) is 4.30. The van der Waals surface area contributed by atoms with E-state index in [-0.39, 0.29) is 24.9 Å². The average Bonchev–Trinajstić information content (AvgIpc) is 3.37. The number of hydrogen-bond acceptors (Lipinski definition) is 5. The minimum Gasteiger partial charge on any atom is -0.383 e. The van der Waals surface area contributed by atoms with Gasteiger partial charge in [0.25, 0.3) is 0 Å². The van der Waals surface area contributed by atoms with Crippen molar-refractivity contribution >= 4 is 46.3 Å². The van der Waals surface area contributed by atoms with Gasteiger partial charge in [-0.2, -0.15) is 0 Å². The third-order valence-corrected chi connectivity index (χ3v) is 5.63. The summed E-state index contributed by atoms with van der Waals surface area (Å²) in [6, 6.07) is 11.0. The number of hydrogen-bond donors (Lipinski definition) is 2. The van der Waals surface area contributed by atoms with Crippen molar-refractivity contribution in [2.45, 2.75) is 6.54 Å². The van der Waals surface area contributed by atoms with Crippen molar-refractivity contribution in [2.24, 2.45) is 10.7 Å². The van der Waals surface area contributed by atoms with Crippen LogP contribution in [0.2, 0.25) is 4.34 Å². The Morgan fingerprint density at radius 3 is 2.69 bits per heavy atom. The molecule has 0 aliphatic carbocycles. The molecule has 2 aromatic heterocycles. The number of aliphatic imine (C=N–C) groups is 1. The fourth-order valence-electron chi connectivity index (χ4n) is 2.88. The molecule has 0 bridgehead atoms. The molecule has 1 aliphatic heterocycles. The molecule has 0 radical (unpaired) electrons. The van der Waals surface area contributed by atoms with Crippen molar-refractivity contribution in [2.75, 3.05) is 18.0 Å². The summed E-state index contributed by atoms with van der Waals surface area (Å²) in [6.45, 7) is 0.402. The molecule has 3 aromatic rings. The standard InChI is InChI=1S/C19H17ClN6O2S/c20-16-6-5-15(29-16)19(21)23-7-12-9-25(11-24-12)13-1-3-14(4-2-13)26-10-17(27)22-8-18(26)28/h1-6,9,11H,7-8,10H2,(H2,21,23)(H,22,27). The van der Waals surface area contributed by atoms with Gasteiger partial charge in [0.05, 0.1) is 34.3 Å². The van der Waals surface area contributed by atoms with E-state index >= 15 is 0 Å². The first kappa shape index (κ1) is 19.2. The van der Waals surface area contributed by atoms with Crippen LogP contribution in [-0.4, -0.2) is 40.3 Å². The summed E-state index contributed by atoms with van der Waals surface area (Å²) < 4.78 is 2.52. The van der Waals surface area contributed by atoms with Gasteiger partial charge in [-0.25, -0.2) is 4.98 Å². The second kappa shape index (κ2) is 8.06. The molecule has 0 saturated carbocycles. The number of carbonyl (C=O) groups excluding carboxylic acids is 2. The van der Waals surface area contributed by atoms with Gasteiger partial charge in [0, 0.05) is 17.6 Å². The first-order valence-corrected chi connectivity index (χ1v) is 9.95. The lowest BCUT2D eigenvalue weighted by atomic mass is 10.2. The number of imidazole rings is 1. The summed E-state index contributed by atoms with van der Waals surface area (Å²) in [5.74, 6) is 0.123. The predicted molar refractivity (Wildman–Crippen MR) is 113 cm³/mol. The van der Waals surface area contributed by atoms with Gasteiger partial charge in [0.15, 0.2) is 0 Å². The van der Waals surface area contributed by atoms with Crippen molar-refractivity contribution in [3.05, 3.63) is 63.8 Å². The largest absolute Gasteiger partial charge is 0.383 e. The number of halogens is 1. The molecule has 4 rings (SSSR count). The van der Waals surface area contributed by atoms with Crippen LogP contribution in [0, 0.1) is 0 Å². The van der Waals surface area contributed by atoms with Gasteiger partial charge in [-0.1, -0.05) is 11.6 Å². The first-order chi connectivity index (χ1) is 14.0. The second-order valence-electron chi connectivity index (χ2n) is 6.35. The molecule has 10 heteroatoms. The van der Waals surface area contributed by atoms with E-state index in [1.165, 1.54) is 16.2 Å². The van der Waals surface area contributed by atoms with Gasteiger partial charge in [0.2, 0.25) is 11.8 Å². The summed E-state index contributed by atoms with van der Waals surface area (Å²) in [4.78, 5) is 34.6. The molecule has 1 saturated heterocycles. The van der Waals surface area contributed by atoms with E-state index in [1.54, 1.807) is 12.4 Å². The van der Waals surface area contributed by atoms with Crippen LogP contribution in [-0.2, 0) is 16.1 Å². The van der Waals surface area contributed by atoms with E-state index in [0.717, 1.165) is 16.3 Å². The molecule has 148 valence electrons. The SMILES string of the molecule is NC(=NCc1cn(-c2ccc(N3CC(=O)NCC3=O)cc2)cn1)c1ccc(Cl)s1. The van der Waals surface area contributed by atoms with E-state index in [1.807, 2.05) is 41.1 Å². The summed E-state index contributed by atoms with van der Waals surface area (Å²) in [7, 11) is 0. The number of thiophene rings is 1.